The number of nitrogens with two attached hydrogens (primary N) is 1. The second-order valence-corrected chi connectivity index (χ2v) is 8.65. The van der Waals surface area contributed by atoms with E-state index in [1.165, 1.54) is 30.3 Å². The number of nitrogens with one attached hydrogen (secondary N) is 1. The average molecular weight is 375 g/mol. The van der Waals surface area contributed by atoms with Crippen molar-refractivity contribution in [1.29, 1.82) is 0 Å². The Labute approximate surface area is 140 Å². The molecule has 0 aliphatic rings. The minimum absolute atomic E-state index is 0.0820. The fourth-order valence-corrected chi connectivity index (χ4v) is 4.20. The second kappa shape index (κ2) is 6.48. The van der Waals surface area contributed by atoms with Gasteiger partial charge in [-0.1, -0.05) is 29.8 Å². The molecule has 2 aromatic carbocycles. The third-order valence-corrected chi connectivity index (χ3v) is 5.75. The van der Waals surface area contributed by atoms with Crippen LogP contribution >= 0.6 is 11.6 Å². The first-order chi connectivity index (χ1) is 10.6. The van der Waals surface area contributed by atoms with Gasteiger partial charge in [-0.2, -0.15) is 0 Å². The minimum atomic E-state index is -3.79. The molecule has 0 heterocycles. The first-order valence-electron chi connectivity index (χ1n) is 6.46. The van der Waals surface area contributed by atoms with Crippen molar-refractivity contribution in [3.05, 3.63) is 58.6 Å². The maximum absolute atomic E-state index is 12.4. The van der Waals surface area contributed by atoms with Gasteiger partial charge in [-0.25, -0.2) is 22.0 Å². The smallest absolute Gasteiger partial charge is 0.262 e. The van der Waals surface area contributed by atoms with E-state index in [4.69, 9.17) is 16.7 Å². The van der Waals surface area contributed by atoms with Crippen LogP contribution in [0.1, 0.15) is 11.1 Å². The predicted octanol–water partition coefficient (Wildman–Crippen LogP) is 2.24. The Balaban J connectivity index is 2.26. The molecular formula is C14H15ClN2O4S2. The molecule has 0 amide bonds. The zero-order valence-electron chi connectivity index (χ0n) is 12.2. The summed E-state index contributed by atoms with van der Waals surface area (Å²) >= 11 is 5.94. The van der Waals surface area contributed by atoms with Crippen molar-refractivity contribution in [3.8, 4) is 0 Å². The lowest BCUT2D eigenvalue weighted by atomic mass is 10.2. The highest BCUT2D eigenvalue weighted by atomic mass is 35.5. The zero-order chi connectivity index (χ0) is 17.3. The molecule has 0 unspecified atom stereocenters. The molecule has 9 heteroatoms. The maximum atomic E-state index is 12.4. The summed E-state index contributed by atoms with van der Waals surface area (Å²) in [6.45, 7) is 1.62. The van der Waals surface area contributed by atoms with E-state index in [9.17, 15) is 16.8 Å². The van der Waals surface area contributed by atoms with E-state index in [2.05, 4.69) is 4.72 Å². The van der Waals surface area contributed by atoms with Crippen LogP contribution in [0, 0.1) is 6.92 Å². The second-order valence-electron chi connectivity index (χ2n) is 4.97. The fourth-order valence-electron chi connectivity index (χ4n) is 1.99. The highest BCUT2D eigenvalue weighted by Crippen LogP contribution is 2.25. The van der Waals surface area contributed by atoms with Crippen molar-refractivity contribution < 1.29 is 16.8 Å². The van der Waals surface area contributed by atoms with Gasteiger partial charge in [-0.05, 0) is 42.3 Å². The number of sulfonamides is 2. The first kappa shape index (κ1) is 17.7. The topological polar surface area (TPSA) is 106 Å². The van der Waals surface area contributed by atoms with Crippen LogP contribution < -0.4 is 9.86 Å². The SMILES string of the molecule is Cc1c(Cl)cccc1S(=O)(=O)Nc1ccc(CS(N)(=O)=O)cc1. The third-order valence-electron chi connectivity index (χ3n) is 3.08. The summed E-state index contributed by atoms with van der Waals surface area (Å²) in [4.78, 5) is 0.0820. The van der Waals surface area contributed by atoms with Gasteiger partial charge in [-0.3, -0.25) is 4.72 Å². The van der Waals surface area contributed by atoms with E-state index in [1.807, 2.05) is 0 Å². The molecule has 124 valence electrons. The molecule has 2 aromatic rings. The summed E-state index contributed by atoms with van der Waals surface area (Å²) in [5, 5.41) is 5.32. The van der Waals surface area contributed by atoms with Gasteiger partial charge in [0.25, 0.3) is 10.0 Å². The molecule has 0 aliphatic carbocycles. The molecule has 6 nitrogen and oxygen atoms in total. The Kier molecular flexibility index (Phi) is 5.00. The number of benzene rings is 2. The molecule has 0 atom stereocenters. The van der Waals surface area contributed by atoms with Gasteiger partial charge in [0.15, 0.2) is 0 Å². The number of hydrogen-bond donors (Lipinski definition) is 2. The van der Waals surface area contributed by atoms with Crippen molar-refractivity contribution in [2.24, 2.45) is 5.14 Å². The van der Waals surface area contributed by atoms with Gasteiger partial charge in [0.1, 0.15) is 0 Å². The molecule has 0 bridgehead atoms. The van der Waals surface area contributed by atoms with E-state index in [0.29, 0.717) is 21.8 Å². The summed E-state index contributed by atoms with van der Waals surface area (Å²) in [7, 11) is -7.42. The third kappa shape index (κ3) is 4.68. The van der Waals surface area contributed by atoms with Gasteiger partial charge in [0.2, 0.25) is 10.0 Å². The Morgan fingerprint density at radius 2 is 1.65 bits per heavy atom. The van der Waals surface area contributed by atoms with E-state index in [1.54, 1.807) is 19.1 Å². The summed E-state index contributed by atoms with van der Waals surface area (Å²) in [6.07, 6.45) is 0. The Bertz CT molecular complexity index is 924. The van der Waals surface area contributed by atoms with Crippen LogP contribution in [0.15, 0.2) is 47.4 Å². The van der Waals surface area contributed by atoms with Gasteiger partial charge < -0.3 is 0 Å². The zero-order valence-corrected chi connectivity index (χ0v) is 14.5. The molecule has 0 aliphatic heterocycles. The number of halogens is 1. The van der Waals surface area contributed by atoms with Crippen molar-refractivity contribution in [2.75, 3.05) is 4.72 Å². The fraction of sp³-hybridized carbons (Fsp3) is 0.143. The number of rotatable bonds is 5. The Hall–Kier alpha value is -1.61. The quantitative estimate of drug-likeness (QED) is 0.836. The number of hydrogen-bond acceptors (Lipinski definition) is 4. The van der Waals surface area contributed by atoms with Crippen LogP contribution in [0.2, 0.25) is 5.02 Å². The minimum Gasteiger partial charge on any atom is -0.280 e. The van der Waals surface area contributed by atoms with E-state index >= 15 is 0 Å². The van der Waals surface area contributed by atoms with Crippen LogP contribution in [0.5, 0.6) is 0 Å². The van der Waals surface area contributed by atoms with Crippen molar-refractivity contribution >= 4 is 37.3 Å². The highest BCUT2D eigenvalue weighted by Gasteiger charge is 2.18. The van der Waals surface area contributed by atoms with Crippen LogP contribution in [-0.4, -0.2) is 16.8 Å². The number of anilines is 1. The largest absolute Gasteiger partial charge is 0.280 e. The normalized spacial score (nSPS) is 12.1. The Morgan fingerprint density at radius 3 is 2.22 bits per heavy atom. The molecule has 23 heavy (non-hydrogen) atoms. The van der Waals surface area contributed by atoms with E-state index in [-0.39, 0.29) is 10.6 Å². The summed E-state index contributed by atoms with van der Waals surface area (Å²) in [5.74, 6) is -0.312. The molecule has 2 rings (SSSR count). The molecule has 0 spiro atoms. The number of primary sulfonamides is 1. The van der Waals surface area contributed by atoms with Crippen LogP contribution in [0.25, 0.3) is 0 Å². The average Bonchev–Trinajstić information content (AvgIpc) is 2.42. The van der Waals surface area contributed by atoms with E-state index < -0.39 is 20.0 Å². The van der Waals surface area contributed by atoms with Gasteiger partial charge in [0, 0.05) is 10.7 Å². The van der Waals surface area contributed by atoms with E-state index in [0.717, 1.165) is 0 Å². The Morgan fingerprint density at radius 1 is 1.04 bits per heavy atom. The van der Waals surface area contributed by atoms with Gasteiger partial charge in [-0.15, -0.1) is 0 Å². The van der Waals surface area contributed by atoms with Crippen LogP contribution in [-0.2, 0) is 25.8 Å². The summed E-state index contributed by atoms with van der Waals surface area (Å²) in [6, 6.07) is 10.5. The van der Waals surface area contributed by atoms with Gasteiger partial charge >= 0.3 is 0 Å². The van der Waals surface area contributed by atoms with Crippen molar-refractivity contribution in [3.63, 3.8) is 0 Å². The monoisotopic (exact) mass is 374 g/mol. The van der Waals surface area contributed by atoms with Gasteiger partial charge in [0.05, 0.1) is 10.6 Å². The predicted molar refractivity (Wildman–Crippen MR) is 90.3 cm³/mol. The van der Waals surface area contributed by atoms with Crippen LogP contribution in [0.3, 0.4) is 0 Å². The molecule has 0 aromatic heterocycles. The molecule has 0 saturated carbocycles. The summed E-state index contributed by atoms with van der Waals surface area (Å²) < 4.78 is 49.3. The lowest BCUT2D eigenvalue weighted by molar-refractivity contribution is 0.596. The summed E-state index contributed by atoms with van der Waals surface area (Å²) in [5.41, 5.74) is 1.23. The lowest BCUT2D eigenvalue weighted by Crippen LogP contribution is -2.15. The molecule has 0 saturated heterocycles. The molecule has 3 N–H and O–H groups in total. The maximum Gasteiger partial charge on any atom is 0.262 e. The molecule has 0 fully saturated rings. The first-order valence-corrected chi connectivity index (χ1v) is 10.0. The van der Waals surface area contributed by atoms with Crippen LogP contribution in [0.4, 0.5) is 5.69 Å². The highest BCUT2D eigenvalue weighted by molar-refractivity contribution is 7.92. The lowest BCUT2D eigenvalue weighted by Gasteiger charge is -2.11. The molecule has 0 radical (unpaired) electrons. The van der Waals surface area contributed by atoms with Crippen molar-refractivity contribution in [2.45, 2.75) is 17.6 Å². The standard InChI is InChI=1S/C14H15ClN2O4S2/c1-10-13(15)3-2-4-14(10)23(20,21)17-12-7-5-11(6-8-12)9-22(16,18)19/h2-8,17H,9H2,1H3,(H2,16,18,19). The van der Waals surface area contributed by atoms with Crippen molar-refractivity contribution in [1.82, 2.24) is 0 Å². The molecular weight excluding hydrogens is 360 g/mol.